The molecule has 33 heavy (non-hydrogen) atoms. The van der Waals surface area contributed by atoms with Gasteiger partial charge in [0.25, 0.3) is 0 Å². The van der Waals surface area contributed by atoms with Crippen LogP contribution in [0.15, 0.2) is 47.5 Å². The second kappa shape index (κ2) is 7.95. The van der Waals surface area contributed by atoms with E-state index in [-0.39, 0.29) is 5.91 Å². The first kappa shape index (κ1) is 21.1. The fourth-order valence-corrected chi connectivity index (χ4v) is 4.67. The number of hydrogen-bond donors (Lipinski definition) is 0. The first-order chi connectivity index (χ1) is 15.9. The topological polar surface area (TPSA) is 64.2 Å². The molecule has 5 rings (SSSR count). The molecule has 1 amide bonds. The molecule has 0 saturated carbocycles. The number of amides is 1. The van der Waals surface area contributed by atoms with Crippen molar-refractivity contribution < 1.29 is 18.1 Å². The summed E-state index contributed by atoms with van der Waals surface area (Å²) in [6, 6.07) is 8.95. The van der Waals surface area contributed by atoms with Gasteiger partial charge in [-0.3, -0.25) is 4.79 Å². The third kappa shape index (κ3) is 3.42. The Hall–Kier alpha value is -3.81. The van der Waals surface area contributed by atoms with Gasteiger partial charge in [-0.15, -0.1) is 0 Å². The Morgan fingerprint density at radius 1 is 1.15 bits per heavy atom. The zero-order valence-electron chi connectivity index (χ0n) is 18.3. The van der Waals surface area contributed by atoms with Crippen molar-refractivity contribution in [2.45, 2.75) is 39.2 Å². The highest BCUT2D eigenvalue weighted by molar-refractivity contribution is 5.95. The molecule has 1 atom stereocenters. The number of nitrogens with zero attached hydrogens (tertiary/aromatic N) is 4. The number of imidazole rings is 1. The summed E-state index contributed by atoms with van der Waals surface area (Å²) in [7, 11) is 0. The first-order valence-corrected chi connectivity index (χ1v) is 10.7. The number of halogens is 2. The zero-order chi connectivity index (χ0) is 23.3. The van der Waals surface area contributed by atoms with Crippen molar-refractivity contribution in [2.75, 3.05) is 4.90 Å². The maximum absolute atomic E-state index is 14.0. The molecule has 168 valence electrons. The predicted molar refractivity (Wildman–Crippen MR) is 122 cm³/mol. The second-order valence-corrected chi connectivity index (χ2v) is 8.20. The molecule has 1 aliphatic heterocycles. The van der Waals surface area contributed by atoms with Crippen LogP contribution in [-0.2, 0) is 4.79 Å². The van der Waals surface area contributed by atoms with E-state index in [9.17, 15) is 13.6 Å². The van der Waals surface area contributed by atoms with Gasteiger partial charge in [0.05, 0.1) is 22.8 Å². The SMILES string of the molecule is C=Cn1c(C2CCCC(=O)N2c2ccc(F)c(F)c2)nc2cc(-c3c(C)noc3C)ccc21. The standard InChI is InChI=1S/C25H22F2N4O2/c1-4-30-21-11-8-16(24-14(2)29-33-15(24)3)12-20(21)28-25(30)22-6-5-7-23(32)31(22)17-9-10-18(26)19(27)13-17/h4,8-13,22H,1,5-7H2,2-3H3. The van der Waals surface area contributed by atoms with Gasteiger partial charge in [0.2, 0.25) is 5.91 Å². The highest BCUT2D eigenvalue weighted by Crippen LogP contribution is 2.38. The highest BCUT2D eigenvalue weighted by Gasteiger charge is 2.34. The number of piperidine rings is 1. The van der Waals surface area contributed by atoms with Gasteiger partial charge in [-0.25, -0.2) is 13.8 Å². The monoisotopic (exact) mass is 448 g/mol. The number of rotatable bonds is 4. The number of aromatic nitrogens is 3. The Bertz CT molecular complexity index is 1390. The quantitative estimate of drug-likeness (QED) is 0.387. The first-order valence-electron chi connectivity index (χ1n) is 10.7. The predicted octanol–water partition coefficient (Wildman–Crippen LogP) is 5.95. The van der Waals surface area contributed by atoms with Crippen LogP contribution in [0.25, 0.3) is 28.4 Å². The average Bonchev–Trinajstić information content (AvgIpc) is 3.33. The summed E-state index contributed by atoms with van der Waals surface area (Å²) in [6.07, 6.45) is 3.30. The molecule has 2 aromatic carbocycles. The number of carbonyl (C=O) groups excluding carboxylic acids is 1. The van der Waals surface area contributed by atoms with Crippen molar-refractivity contribution in [2.24, 2.45) is 0 Å². The summed E-state index contributed by atoms with van der Waals surface area (Å²) < 4.78 is 34.7. The average molecular weight is 448 g/mol. The van der Waals surface area contributed by atoms with Crippen LogP contribution in [-0.4, -0.2) is 20.6 Å². The summed E-state index contributed by atoms with van der Waals surface area (Å²) in [6.45, 7) is 7.68. The van der Waals surface area contributed by atoms with E-state index in [0.29, 0.717) is 30.8 Å². The lowest BCUT2D eigenvalue weighted by molar-refractivity contribution is -0.120. The summed E-state index contributed by atoms with van der Waals surface area (Å²) in [5, 5.41) is 4.03. The molecule has 0 spiro atoms. The van der Waals surface area contributed by atoms with Crippen LogP contribution in [0.3, 0.4) is 0 Å². The number of benzene rings is 2. The Kier molecular flexibility index (Phi) is 5.08. The van der Waals surface area contributed by atoms with E-state index in [2.05, 4.69) is 11.7 Å². The van der Waals surface area contributed by atoms with Crippen molar-refractivity contribution >= 4 is 28.8 Å². The van der Waals surface area contributed by atoms with E-state index < -0.39 is 17.7 Å². The molecule has 6 nitrogen and oxygen atoms in total. The number of hydrogen-bond acceptors (Lipinski definition) is 4. The molecule has 0 radical (unpaired) electrons. The molecular weight excluding hydrogens is 426 g/mol. The van der Waals surface area contributed by atoms with Crippen molar-refractivity contribution in [3.05, 3.63) is 71.9 Å². The minimum Gasteiger partial charge on any atom is -0.361 e. The molecule has 0 bridgehead atoms. The van der Waals surface area contributed by atoms with Crippen LogP contribution in [0, 0.1) is 25.5 Å². The van der Waals surface area contributed by atoms with Gasteiger partial charge in [0, 0.05) is 29.9 Å². The maximum Gasteiger partial charge on any atom is 0.227 e. The highest BCUT2D eigenvalue weighted by atomic mass is 19.2. The minimum atomic E-state index is -0.994. The fraction of sp³-hybridized carbons (Fsp3) is 0.240. The molecule has 8 heteroatoms. The molecule has 1 fully saturated rings. The Balaban J connectivity index is 1.64. The van der Waals surface area contributed by atoms with E-state index in [4.69, 9.17) is 9.51 Å². The molecular formula is C25H22F2N4O2. The largest absolute Gasteiger partial charge is 0.361 e. The van der Waals surface area contributed by atoms with Gasteiger partial charge in [-0.1, -0.05) is 17.8 Å². The van der Waals surface area contributed by atoms with Crippen LogP contribution in [0.1, 0.15) is 42.6 Å². The van der Waals surface area contributed by atoms with Crippen LogP contribution in [0.2, 0.25) is 0 Å². The molecule has 1 aliphatic rings. The number of aryl methyl sites for hydroxylation is 2. The molecule has 0 aliphatic carbocycles. The van der Waals surface area contributed by atoms with E-state index in [1.807, 2.05) is 36.6 Å². The van der Waals surface area contributed by atoms with Crippen molar-refractivity contribution in [1.82, 2.24) is 14.7 Å². The smallest absolute Gasteiger partial charge is 0.227 e. The van der Waals surface area contributed by atoms with Crippen molar-refractivity contribution in [3.63, 3.8) is 0 Å². The molecule has 3 heterocycles. The Morgan fingerprint density at radius 2 is 1.97 bits per heavy atom. The van der Waals surface area contributed by atoms with Crippen LogP contribution in [0.4, 0.5) is 14.5 Å². The van der Waals surface area contributed by atoms with Gasteiger partial charge in [0.15, 0.2) is 11.6 Å². The number of fused-ring (bicyclic) bond motifs is 1. The van der Waals surface area contributed by atoms with Gasteiger partial charge in [-0.05, 0) is 56.5 Å². The van der Waals surface area contributed by atoms with Gasteiger partial charge in [0.1, 0.15) is 11.6 Å². The van der Waals surface area contributed by atoms with Crippen LogP contribution in [0.5, 0.6) is 0 Å². The molecule has 4 aromatic rings. The van der Waals surface area contributed by atoms with E-state index in [1.165, 1.54) is 11.0 Å². The lowest BCUT2D eigenvalue weighted by atomic mass is 9.99. The lowest BCUT2D eigenvalue weighted by Gasteiger charge is -2.35. The fourth-order valence-electron chi connectivity index (χ4n) is 4.67. The molecule has 1 saturated heterocycles. The van der Waals surface area contributed by atoms with Gasteiger partial charge in [-0.2, -0.15) is 0 Å². The Labute approximate surface area is 189 Å². The Morgan fingerprint density at radius 3 is 2.67 bits per heavy atom. The van der Waals surface area contributed by atoms with E-state index in [1.54, 1.807) is 6.20 Å². The number of carbonyl (C=O) groups is 1. The second-order valence-electron chi connectivity index (χ2n) is 8.20. The van der Waals surface area contributed by atoms with Crippen LogP contribution < -0.4 is 4.90 Å². The summed E-state index contributed by atoms with van der Waals surface area (Å²) >= 11 is 0. The van der Waals surface area contributed by atoms with Crippen LogP contribution >= 0.6 is 0 Å². The third-order valence-electron chi connectivity index (χ3n) is 6.15. The van der Waals surface area contributed by atoms with Gasteiger partial charge >= 0.3 is 0 Å². The minimum absolute atomic E-state index is 0.156. The summed E-state index contributed by atoms with van der Waals surface area (Å²) in [5.74, 6) is -0.765. The molecule has 0 N–H and O–H groups in total. The zero-order valence-corrected chi connectivity index (χ0v) is 18.3. The lowest BCUT2D eigenvalue weighted by Crippen LogP contribution is -2.39. The van der Waals surface area contributed by atoms with Gasteiger partial charge < -0.3 is 14.0 Å². The normalized spacial score (nSPS) is 16.5. The molecule has 2 aromatic heterocycles. The third-order valence-corrected chi connectivity index (χ3v) is 6.15. The number of anilines is 1. The molecule has 1 unspecified atom stereocenters. The van der Waals surface area contributed by atoms with Crippen molar-refractivity contribution in [3.8, 4) is 11.1 Å². The summed E-state index contributed by atoms with van der Waals surface area (Å²) in [5.41, 5.74) is 4.50. The summed E-state index contributed by atoms with van der Waals surface area (Å²) in [4.78, 5) is 19.3. The maximum atomic E-state index is 14.0. The van der Waals surface area contributed by atoms with E-state index in [0.717, 1.165) is 45.7 Å². The van der Waals surface area contributed by atoms with E-state index >= 15 is 0 Å². The van der Waals surface area contributed by atoms with Crippen molar-refractivity contribution in [1.29, 1.82) is 0 Å².